The molecule has 0 fully saturated rings. The molecule has 0 saturated carbocycles. The average molecular weight is 501 g/mol. The first-order chi connectivity index (χ1) is 17.9. The van der Waals surface area contributed by atoms with E-state index in [0.29, 0.717) is 29.6 Å². The highest BCUT2D eigenvalue weighted by Gasteiger charge is 2.21. The van der Waals surface area contributed by atoms with Crippen molar-refractivity contribution in [1.29, 1.82) is 0 Å². The number of carbonyl (C=O) groups is 1. The topological polar surface area (TPSA) is 67.8 Å². The number of halogens is 1. The lowest BCUT2D eigenvalue weighted by Crippen LogP contribution is -2.32. The van der Waals surface area contributed by atoms with Crippen LogP contribution in [0.15, 0.2) is 91.1 Å². The minimum Gasteiger partial charge on any atom is -0.489 e. The van der Waals surface area contributed by atoms with E-state index in [2.05, 4.69) is 9.97 Å². The molecular formula is C29H29FN4O3. The van der Waals surface area contributed by atoms with Crippen molar-refractivity contribution in [2.75, 3.05) is 32.6 Å². The van der Waals surface area contributed by atoms with Crippen LogP contribution in [0, 0.1) is 0 Å². The first-order valence-electron chi connectivity index (χ1n) is 11.8. The molecule has 0 spiro atoms. The number of hydrogen-bond acceptors (Lipinski definition) is 6. The van der Waals surface area contributed by atoms with Crippen molar-refractivity contribution in [2.24, 2.45) is 0 Å². The minimum absolute atomic E-state index is 0.195. The van der Waals surface area contributed by atoms with Gasteiger partial charge in [0.1, 0.15) is 24.2 Å². The van der Waals surface area contributed by atoms with Crippen LogP contribution >= 0.6 is 0 Å². The lowest BCUT2D eigenvalue weighted by molar-refractivity contribution is 0.148. The van der Waals surface area contributed by atoms with Crippen molar-refractivity contribution in [3.63, 3.8) is 0 Å². The molecule has 0 bridgehead atoms. The van der Waals surface area contributed by atoms with Gasteiger partial charge in [-0.15, -0.1) is 0 Å². The zero-order valence-electron chi connectivity index (χ0n) is 21.0. The number of ether oxygens (including phenoxy) is 2. The molecule has 4 rings (SSSR count). The number of amides is 1. The van der Waals surface area contributed by atoms with Crippen LogP contribution in [0.5, 0.6) is 11.5 Å². The molecule has 37 heavy (non-hydrogen) atoms. The summed E-state index contributed by atoms with van der Waals surface area (Å²) in [5.74, 6) is 1.23. The van der Waals surface area contributed by atoms with Gasteiger partial charge in [0.25, 0.3) is 0 Å². The number of benzene rings is 3. The third kappa shape index (κ3) is 6.82. The van der Waals surface area contributed by atoms with E-state index in [4.69, 9.17) is 9.47 Å². The molecule has 0 aliphatic heterocycles. The molecule has 0 aliphatic rings. The van der Waals surface area contributed by atoms with Crippen LogP contribution in [0.2, 0.25) is 0 Å². The number of anilines is 1. The van der Waals surface area contributed by atoms with E-state index in [-0.39, 0.29) is 12.3 Å². The van der Waals surface area contributed by atoms with Crippen molar-refractivity contribution in [2.45, 2.75) is 12.8 Å². The predicted octanol–water partition coefficient (Wildman–Crippen LogP) is 5.93. The minimum atomic E-state index is -1.43. The van der Waals surface area contributed by atoms with Crippen molar-refractivity contribution in [3.05, 3.63) is 102 Å². The molecule has 0 radical (unpaired) electrons. The van der Waals surface area contributed by atoms with Crippen molar-refractivity contribution in [1.82, 2.24) is 14.9 Å². The summed E-state index contributed by atoms with van der Waals surface area (Å²) >= 11 is 0. The smallest absolute Gasteiger partial charge is 0.415 e. The molecule has 190 valence electrons. The molecule has 0 aliphatic carbocycles. The second kappa shape index (κ2) is 12.0. The van der Waals surface area contributed by atoms with Gasteiger partial charge >= 0.3 is 6.09 Å². The van der Waals surface area contributed by atoms with E-state index in [9.17, 15) is 4.79 Å². The highest BCUT2D eigenvalue weighted by molar-refractivity contribution is 5.75. The first kappa shape index (κ1) is 25.6. The zero-order valence-corrected chi connectivity index (χ0v) is 21.0. The standard InChI is InChI=1S/C29H29FN4O3/c1-33(2)28-31-18-26(27(32-28)22-13-8-5-9-14-22)37-29(35)34(3)19-25(30)23-15-10-16-24(17-23)36-20-21-11-6-4-7-12-21/h4-18,25H,19-20H2,1-3H3. The fourth-order valence-corrected chi connectivity index (χ4v) is 3.59. The number of carbonyl (C=O) groups excluding carboxylic acids is 1. The summed E-state index contributed by atoms with van der Waals surface area (Å²) in [5.41, 5.74) is 2.67. The van der Waals surface area contributed by atoms with Crippen LogP contribution in [-0.2, 0) is 6.61 Å². The van der Waals surface area contributed by atoms with Crippen LogP contribution in [0.25, 0.3) is 11.3 Å². The Morgan fingerprint density at radius 2 is 1.65 bits per heavy atom. The van der Waals surface area contributed by atoms with Gasteiger partial charge in [0.2, 0.25) is 5.95 Å². The van der Waals surface area contributed by atoms with Gasteiger partial charge in [-0.1, -0.05) is 72.8 Å². The van der Waals surface area contributed by atoms with Crippen molar-refractivity contribution >= 4 is 12.0 Å². The van der Waals surface area contributed by atoms with Crippen LogP contribution in [-0.4, -0.2) is 48.6 Å². The lowest BCUT2D eigenvalue weighted by Gasteiger charge is -2.21. The number of alkyl halides is 1. The maximum Gasteiger partial charge on any atom is 0.415 e. The molecule has 0 saturated heterocycles. The molecule has 7 nitrogen and oxygen atoms in total. The maximum absolute atomic E-state index is 15.2. The van der Waals surface area contributed by atoms with E-state index in [1.165, 1.54) is 18.1 Å². The van der Waals surface area contributed by atoms with E-state index in [0.717, 1.165) is 11.1 Å². The van der Waals surface area contributed by atoms with E-state index in [1.54, 1.807) is 29.2 Å². The fourth-order valence-electron chi connectivity index (χ4n) is 3.59. The number of rotatable bonds is 9. The predicted molar refractivity (Wildman–Crippen MR) is 142 cm³/mol. The molecule has 1 heterocycles. The van der Waals surface area contributed by atoms with Crippen molar-refractivity contribution in [3.8, 4) is 22.8 Å². The summed E-state index contributed by atoms with van der Waals surface area (Å²) in [7, 11) is 5.14. The second-order valence-electron chi connectivity index (χ2n) is 8.71. The third-order valence-corrected chi connectivity index (χ3v) is 5.60. The summed E-state index contributed by atoms with van der Waals surface area (Å²) < 4.78 is 26.6. The molecule has 1 aromatic heterocycles. The summed E-state index contributed by atoms with van der Waals surface area (Å²) in [6, 6.07) is 25.9. The zero-order chi connectivity index (χ0) is 26.2. The number of hydrogen-bond donors (Lipinski definition) is 0. The van der Waals surface area contributed by atoms with E-state index in [1.807, 2.05) is 74.8 Å². The highest BCUT2D eigenvalue weighted by atomic mass is 19.1. The Hall–Kier alpha value is -4.46. The Morgan fingerprint density at radius 1 is 0.946 bits per heavy atom. The number of nitrogens with zero attached hydrogens (tertiary/aromatic N) is 4. The Bertz CT molecular complexity index is 1320. The fraction of sp³-hybridized carbons (Fsp3) is 0.207. The quantitative estimate of drug-likeness (QED) is 0.284. The van der Waals surface area contributed by atoms with Crippen LogP contribution in [0.1, 0.15) is 17.3 Å². The SMILES string of the molecule is CN(CC(F)c1cccc(OCc2ccccc2)c1)C(=O)Oc1cnc(N(C)C)nc1-c1ccccc1. The van der Waals surface area contributed by atoms with Crippen LogP contribution in [0.3, 0.4) is 0 Å². The monoisotopic (exact) mass is 500 g/mol. The lowest BCUT2D eigenvalue weighted by atomic mass is 10.1. The molecular weight excluding hydrogens is 471 g/mol. The van der Waals surface area contributed by atoms with Gasteiger partial charge in [0, 0.05) is 26.7 Å². The van der Waals surface area contributed by atoms with Gasteiger partial charge in [0.15, 0.2) is 5.75 Å². The average Bonchev–Trinajstić information content (AvgIpc) is 2.93. The summed E-state index contributed by atoms with van der Waals surface area (Å²) in [5, 5.41) is 0. The van der Waals surface area contributed by atoms with Gasteiger partial charge in [-0.25, -0.2) is 19.2 Å². The maximum atomic E-state index is 15.2. The normalized spacial score (nSPS) is 11.5. The first-order valence-corrected chi connectivity index (χ1v) is 11.8. The Balaban J connectivity index is 1.42. The third-order valence-electron chi connectivity index (χ3n) is 5.60. The molecule has 0 N–H and O–H groups in total. The van der Waals surface area contributed by atoms with Gasteiger partial charge in [-0.05, 0) is 23.3 Å². The second-order valence-corrected chi connectivity index (χ2v) is 8.71. The number of likely N-dealkylation sites (N-methyl/N-ethyl adjacent to an activating group) is 1. The van der Waals surface area contributed by atoms with Gasteiger partial charge in [-0.2, -0.15) is 0 Å². The molecule has 1 unspecified atom stereocenters. The molecule has 3 aromatic carbocycles. The Morgan fingerprint density at radius 3 is 2.35 bits per heavy atom. The largest absolute Gasteiger partial charge is 0.489 e. The van der Waals surface area contributed by atoms with Crippen LogP contribution < -0.4 is 14.4 Å². The van der Waals surface area contributed by atoms with Gasteiger partial charge in [0.05, 0.1) is 12.7 Å². The highest BCUT2D eigenvalue weighted by Crippen LogP contribution is 2.30. The van der Waals surface area contributed by atoms with Crippen LogP contribution in [0.4, 0.5) is 15.1 Å². The van der Waals surface area contributed by atoms with Gasteiger partial charge in [-0.3, -0.25) is 0 Å². The van der Waals surface area contributed by atoms with Crippen molar-refractivity contribution < 1.29 is 18.7 Å². The molecule has 8 heteroatoms. The summed E-state index contributed by atoms with van der Waals surface area (Å²) in [6.45, 7) is 0.185. The summed E-state index contributed by atoms with van der Waals surface area (Å²) in [4.78, 5) is 24.6. The summed E-state index contributed by atoms with van der Waals surface area (Å²) in [6.07, 6.45) is -0.687. The number of aromatic nitrogens is 2. The molecule has 4 aromatic rings. The van der Waals surface area contributed by atoms with E-state index < -0.39 is 12.3 Å². The van der Waals surface area contributed by atoms with Gasteiger partial charge < -0.3 is 19.3 Å². The Labute approximate surface area is 216 Å². The molecule has 1 atom stereocenters. The Kier molecular flexibility index (Phi) is 8.30. The molecule has 1 amide bonds. The van der Waals surface area contributed by atoms with E-state index >= 15 is 4.39 Å².